The van der Waals surface area contributed by atoms with E-state index in [0.29, 0.717) is 6.41 Å². The number of carbonyl (C=O) groups is 2. The first-order chi connectivity index (χ1) is 7.76. The molecule has 1 rings (SSSR count). The van der Waals surface area contributed by atoms with E-state index in [1.54, 1.807) is 27.7 Å². The second kappa shape index (κ2) is 4.44. The van der Waals surface area contributed by atoms with Crippen LogP contribution in [-0.2, 0) is 14.3 Å². The fourth-order valence-corrected chi connectivity index (χ4v) is 1.61. The van der Waals surface area contributed by atoms with E-state index in [-0.39, 0.29) is 18.7 Å². The highest BCUT2D eigenvalue weighted by atomic mass is 16.5. The van der Waals surface area contributed by atoms with Gasteiger partial charge < -0.3 is 9.84 Å². The van der Waals surface area contributed by atoms with Crippen molar-refractivity contribution in [1.29, 1.82) is 0 Å². The Labute approximate surface area is 100 Å². The van der Waals surface area contributed by atoms with Gasteiger partial charge in [-0.3, -0.25) is 4.79 Å². The number of hydrogen-bond donors (Lipinski definition) is 1. The molecule has 96 valence electrons. The minimum atomic E-state index is -1.49. The predicted molar refractivity (Wildman–Crippen MR) is 61.0 cm³/mol. The summed E-state index contributed by atoms with van der Waals surface area (Å²) in [4.78, 5) is 22.4. The average molecular weight is 242 g/mol. The van der Waals surface area contributed by atoms with Crippen molar-refractivity contribution in [3.63, 3.8) is 0 Å². The van der Waals surface area contributed by atoms with Gasteiger partial charge >= 0.3 is 5.97 Å². The number of carbonyl (C=O) groups excluding carboxylic acids is 2. The Morgan fingerprint density at radius 2 is 2.24 bits per heavy atom. The van der Waals surface area contributed by atoms with Crippen LogP contribution >= 0.6 is 0 Å². The van der Waals surface area contributed by atoms with Crippen LogP contribution in [0, 0.1) is 5.41 Å². The predicted octanol–water partition coefficient (Wildman–Crippen LogP) is 0.502. The molecular weight excluding hydrogens is 224 g/mol. The van der Waals surface area contributed by atoms with Crippen molar-refractivity contribution < 1.29 is 19.4 Å². The summed E-state index contributed by atoms with van der Waals surface area (Å²) in [7, 11) is 0. The fourth-order valence-electron chi connectivity index (χ4n) is 1.61. The third-order valence-electron chi connectivity index (χ3n) is 2.83. The SMILES string of the molecule is CCOC(=O)C1=NN(C=O)C(O)(C(C)(C)C)C1. The lowest BCUT2D eigenvalue weighted by atomic mass is 9.80. The van der Waals surface area contributed by atoms with Crippen LogP contribution in [-0.4, -0.2) is 40.5 Å². The van der Waals surface area contributed by atoms with Crippen molar-refractivity contribution in [2.75, 3.05) is 6.61 Å². The maximum atomic E-state index is 11.5. The van der Waals surface area contributed by atoms with Gasteiger partial charge in [-0.25, -0.2) is 9.80 Å². The van der Waals surface area contributed by atoms with E-state index in [1.165, 1.54) is 0 Å². The Kier molecular flexibility index (Phi) is 3.56. The number of nitrogens with zero attached hydrogens (tertiary/aromatic N) is 2. The number of aliphatic hydroxyl groups is 1. The van der Waals surface area contributed by atoms with Crippen molar-refractivity contribution in [1.82, 2.24) is 5.01 Å². The second-order valence-electron chi connectivity index (χ2n) is 4.96. The van der Waals surface area contributed by atoms with E-state index in [4.69, 9.17) is 4.74 Å². The van der Waals surface area contributed by atoms with Crippen LogP contribution < -0.4 is 0 Å². The molecule has 1 atom stereocenters. The first-order valence-corrected chi connectivity index (χ1v) is 5.48. The van der Waals surface area contributed by atoms with Gasteiger partial charge in [-0.2, -0.15) is 5.10 Å². The van der Waals surface area contributed by atoms with Gasteiger partial charge in [0, 0.05) is 11.8 Å². The Morgan fingerprint density at radius 3 is 2.59 bits per heavy atom. The first kappa shape index (κ1) is 13.6. The number of hydrogen-bond acceptors (Lipinski definition) is 5. The summed E-state index contributed by atoms with van der Waals surface area (Å²) < 4.78 is 4.80. The average Bonchev–Trinajstić information content (AvgIpc) is 2.56. The molecule has 0 aromatic rings. The fraction of sp³-hybridized carbons (Fsp3) is 0.727. The smallest absolute Gasteiger partial charge is 0.354 e. The molecule has 0 spiro atoms. The number of amides is 1. The highest BCUT2D eigenvalue weighted by Crippen LogP contribution is 2.39. The minimum absolute atomic E-state index is 0.0198. The van der Waals surface area contributed by atoms with Crippen molar-refractivity contribution in [2.24, 2.45) is 10.5 Å². The summed E-state index contributed by atoms with van der Waals surface area (Å²) in [5.74, 6) is -0.598. The van der Waals surface area contributed by atoms with Crippen LogP contribution in [0.4, 0.5) is 0 Å². The molecule has 0 fully saturated rings. The molecule has 0 bridgehead atoms. The first-order valence-electron chi connectivity index (χ1n) is 5.48. The molecule has 1 amide bonds. The van der Waals surface area contributed by atoms with Crippen LogP contribution in [0.2, 0.25) is 0 Å². The van der Waals surface area contributed by atoms with E-state index in [0.717, 1.165) is 5.01 Å². The summed E-state index contributed by atoms with van der Waals surface area (Å²) in [6, 6.07) is 0. The Bertz CT molecular complexity index is 359. The number of esters is 1. The van der Waals surface area contributed by atoms with Gasteiger partial charge in [0.1, 0.15) is 0 Å². The molecule has 0 aromatic heterocycles. The van der Waals surface area contributed by atoms with Crippen molar-refractivity contribution in [2.45, 2.75) is 39.8 Å². The molecular formula is C11H18N2O4. The molecule has 0 saturated heterocycles. The Morgan fingerprint density at radius 1 is 1.65 bits per heavy atom. The van der Waals surface area contributed by atoms with Crippen LogP contribution in [0.5, 0.6) is 0 Å². The van der Waals surface area contributed by atoms with E-state index < -0.39 is 17.1 Å². The van der Waals surface area contributed by atoms with E-state index in [1.807, 2.05) is 0 Å². The van der Waals surface area contributed by atoms with Crippen LogP contribution in [0.1, 0.15) is 34.1 Å². The molecule has 0 aromatic carbocycles. The quantitative estimate of drug-likeness (QED) is 0.577. The van der Waals surface area contributed by atoms with Gasteiger partial charge in [0.25, 0.3) is 0 Å². The standard InChI is InChI=1S/C11H18N2O4/c1-5-17-9(15)8-6-11(16,10(2,3)4)13(7-14)12-8/h7,16H,5-6H2,1-4H3. The summed E-state index contributed by atoms with van der Waals surface area (Å²) in [6.45, 7) is 7.22. The third-order valence-corrected chi connectivity index (χ3v) is 2.83. The summed E-state index contributed by atoms with van der Waals surface area (Å²) >= 11 is 0. The topological polar surface area (TPSA) is 79.2 Å². The number of ether oxygens (including phenoxy) is 1. The molecule has 17 heavy (non-hydrogen) atoms. The molecule has 6 nitrogen and oxygen atoms in total. The lowest BCUT2D eigenvalue weighted by Gasteiger charge is -2.39. The van der Waals surface area contributed by atoms with Crippen LogP contribution in [0.15, 0.2) is 5.10 Å². The maximum absolute atomic E-state index is 11.5. The number of rotatable bonds is 3. The lowest BCUT2D eigenvalue weighted by Crippen LogP contribution is -2.52. The van der Waals surface area contributed by atoms with Gasteiger partial charge in [0.15, 0.2) is 11.4 Å². The third kappa shape index (κ3) is 2.31. The van der Waals surface area contributed by atoms with Gasteiger partial charge in [-0.05, 0) is 6.92 Å². The summed E-state index contributed by atoms with van der Waals surface area (Å²) in [6.07, 6.45) is 0.394. The summed E-state index contributed by atoms with van der Waals surface area (Å²) in [5.41, 5.74) is -2.04. The molecule has 6 heteroatoms. The normalized spacial score (nSPS) is 24.5. The van der Waals surface area contributed by atoms with Gasteiger partial charge in [0.05, 0.1) is 6.61 Å². The van der Waals surface area contributed by atoms with Gasteiger partial charge in [-0.15, -0.1) is 0 Å². The van der Waals surface area contributed by atoms with E-state index in [2.05, 4.69) is 5.10 Å². The van der Waals surface area contributed by atoms with Crippen molar-refractivity contribution >= 4 is 18.1 Å². The van der Waals surface area contributed by atoms with Gasteiger partial charge in [0.2, 0.25) is 6.41 Å². The van der Waals surface area contributed by atoms with Crippen molar-refractivity contribution in [3.8, 4) is 0 Å². The van der Waals surface area contributed by atoms with Crippen molar-refractivity contribution in [3.05, 3.63) is 0 Å². The molecule has 1 N–H and O–H groups in total. The zero-order chi connectivity index (χ0) is 13.3. The molecule has 0 radical (unpaired) electrons. The van der Waals surface area contributed by atoms with Crippen LogP contribution in [0.3, 0.4) is 0 Å². The lowest BCUT2D eigenvalue weighted by molar-refractivity contribution is -0.171. The Balaban J connectivity index is 2.98. The second-order valence-corrected chi connectivity index (χ2v) is 4.96. The molecule has 1 aliphatic rings. The zero-order valence-electron chi connectivity index (χ0n) is 10.6. The zero-order valence-corrected chi connectivity index (χ0v) is 10.6. The van der Waals surface area contributed by atoms with Crippen LogP contribution in [0.25, 0.3) is 0 Å². The van der Waals surface area contributed by atoms with E-state index >= 15 is 0 Å². The minimum Gasteiger partial charge on any atom is -0.461 e. The largest absolute Gasteiger partial charge is 0.461 e. The highest BCUT2D eigenvalue weighted by molar-refractivity contribution is 6.37. The molecule has 1 heterocycles. The number of hydrazone groups is 1. The maximum Gasteiger partial charge on any atom is 0.354 e. The summed E-state index contributed by atoms with van der Waals surface area (Å²) in [5, 5.41) is 15.1. The highest BCUT2D eigenvalue weighted by Gasteiger charge is 2.51. The molecule has 0 aliphatic carbocycles. The molecule has 1 unspecified atom stereocenters. The monoisotopic (exact) mass is 242 g/mol. The Hall–Kier alpha value is -1.43. The molecule has 0 saturated carbocycles. The van der Waals surface area contributed by atoms with Gasteiger partial charge in [-0.1, -0.05) is 20.8 Å². The van der Waals surface area contributed by atoms with E-state index in [9.17, 15) is 14.7 Å². The molecule has 1 aliphatic heterocycles.